The smallest absolute Gasteiger partial charge is 0.241 e. The molecule has 3 N–H and O–H groups in total. The van der Waals surface area contributed by atoms with Gasteiger partial charge in [-0.25, -0.2) is 23.1 Å². The Balaban J connectivity index is 2.08. The van der Waals surface area contributed by atoms with E-state index in [1.54, 1.807) is 6.20 Å². The van der Waals surface area contributed by atoms with E-state index in [0.29, 0.717) is 11.5 Å². The second-order valence-corrected chi connectivity index (χ2v) is 5.97. The number of hydrogen-bond acceptors (Lipinski definition) is 5. The number of H-pyrrole nitrogens is 1. The van der Waals surface area contributed by atoms with Gasteiger partial charge in [0.05, 0.1) is 17.8 Å². The molecule has 0 aliphatic heterocycles. The van der Waals surface area contributed by atoms with Crippen LogP contribution in [0, 0.1) is 0 Å². The number of pyridine rings is 1. The standard InChI is InChI=1S/C12H17N5O2S/c1-2-4-14-12-6-11(3-5-15-12)20(18,19)17-8-10-7-13-9-16-10/h3,5-7,9,17H,2,4,8H2,1H3,(H,13,16)(H,14,15). The Kier molecular flexibility index (Phi) is 4.70. The van der Waals surface area contributed by atoms with Crippen molar-refractivity contribution in [3.8, 4) is 0 Å². The summed E-state index contributed by atoms with van der Waals surface area (Å²) >= 11 is 0. The predicted molar refractivity (Wildman–Crippen MR) is 75.6 cm³/mol. The second-order valence-electron chi connectivity index (χ2n) is 4.20. The third kappa shape index (κ3) is 3.78. The first-order valence-corrected chi connectivity index (χ1v) is 7.77. The minimum atomic E-state index is -3.56. The van der Waals surface area contributed by atoms with E-state index in [1.807, 2.05) is 6.92 Å². The van der Waals surface area contributed by atoms with Crippen LogP contribution in [0.15, 0.2) is 35.7 Å². The maximum atomic E-state index is 12.2. The summed E-state index contributed by atoms with van der Waals surface area (Å²) in [5, 5.41) is 3.06. The molecule has 108 valence electrons. The zero-order valence-electron chi connectivity index (χ0n) is 11.1. The topological polar surface area (TPSA) is 99.8 Å². The lowest BCUT2D eigenvalue weighted by Gasteiger charge is -2.08. The van der Waals surface area contributed by atoms with E-state index in [-0.39, 0.29) is 11.4 Å². The fourth-order valence-electron chi connectivity index (χ4n) is 1.57. The first kappa shape index (κ1) is 14.5. The maximum absolute atomic E-state index is 12.2. The molecule has 20 heavy (non-hydrogen) atoms. The third-order valence-corrected chi connectivity index (χ3v) is 4.00. The van der Waals surface area contributed by atoms with Crippen molar-refractivity contribution in [1.82, 2.24) is 19.7 Å². The van der Waals surface area contributed by atoms with Gasteiger partial charge >= 0.3 is 0 Å². The van der Waals surface area contributed by atoms with Gasteiger partial charge in [0.1, 0.15) is 5.82 Å². The number of sulfonamides is 1. The van der Waals surface area contributed by atoms with Crippen LogP contribution < -0.4 is 10.0 Å². The summed E-state index contributed by atoms with van der Waals surface area (Å²) in [6.45, 7) is 2.94. The van der Waals surface area contributed by atoms with Crippen LogP contribution in [-0.4, -0.2) is 29.9 Å². The van der Waals surface area contributed by atoms with Crippen LogP contribution in [-0.2, 0) is 16.6 Å². The highest BCUT2D eigenvalue weighted by atomic mass is 32.2. The molecule has 0 spiro atoms. The van der Waals surface area contributed by atoms with Gasteiger partial charge in [-0.3, -0.25) is 0 Å². The fourth-order valence-corrected chi connectivity index (χ4v) is 2.58. The molecule has 0 amide bonds. The molecule has 0 saturated heterocycles. The Morgan fingerprint density at radius 1 is 1.40 bits per heavy atom. The molecule has 0 radical (unpaired) electrons. The first-order chi connectivity index (χ1) is 9.62. The van der Waals surface area contributed by atoms with Crippen molar-refractivity contribution in [3.05, 3.63) is 36.5 Å². The summed E-state index contributed by atoms with van der Waals surface area (Å²) in [5.74, 6) is 0.552. The van der Waals surface area contributed by atoms with Gasteiger partial charge in [0, 0.05) is 30.7 Å². The summed E-state index contributed by atoms with van der Waals surface area (Å²) in [4.78, 5) is 10.9. The summed E-state index contributed by atoms with van der Waals surface area (Å²) < 4.78 is 26.8. The van der Waals surface area contributed by atoms with Crippen LogP contribution in [0.25, 0.3) is 0 Å². The first-order valence-electron chi connectivity index (χ1n) is 6.28. The number of anilines is 1. The number of aromatic nitrogens is 3. The van der Waals surface area contributed by atoms with Gasteiger partial charge in [0.25, 0.3) is 0 Å². The molecule has 2 aromatic heterocycles. The summed E-state index contributed by atoms with van der Waals surface area (Å²) in [7, 11) is -3.56. The predicted octanol–water partition coefficient (Wildman–Crippen LogP) is 1.11. The lowest BCUT2D eigenvalue weighted by Crippen LogP contribution is -2.23. The molecule has 0 aliphatic carbocycles. The van der Waals surface area contributed by atoms with Gasteiger partial charge in [0.15, 0.2) is 0 Å². The van der Waals surface area contributed by atoms with E-state index in [2.05, 4.69) is 25.0 Å². The normalized spacial score (nSPS) is 11.4. The van der Waals surface area contributed by atoms with E-state index < -0.39 is 10.0 Å². The molecule has 0 unspecified atom stereocenters. The average molecular weight is 295 g/mol. The van der Waals surface area contributed by atoms with Gasteiger partial charge in [-0.1, -0.05) is 6.92 Å². The molecule has 8 heteroatoms. The van der Waals surface area contributed by atoms with Gasteiger partial charge in [-0.05, 0) is 12.5 Å². The minimum Gasteiger partial charge on any atom is -0.370 e. The Morgan fingerprint density at radius 3 is 2.95 bits per heavy atom. The molecular formula is C12H17N5O2S. The van der Waals surface area contributed by atoms with Crippen LogP contribution >= 0.6 is 0 Å². The second kappa shape index (κ2) is 6.49. The largest absolute Gasteiger partial charge is 0.370 e. The molecule has 7 nitrogen and oxygen atoms in total. The van der Waals surface area contributed by atoms with Gasteiger partial charge in [-0.15, -0.1) is 0 Å². The summed E-state index contributed by atoms with van der Waals surface area (Å²) in [6.07, 6.45) is 5.49. The van der Waals surface area contributed by atoms with Crippen molar-refractivity contribution in [2.24, 2.45) is 0 Å². The van der Waals surface area contributed by atoms with E-state index in [4.69, 9.17) is 0 Å². The third-order valence-electron chi connectivity index (χ3n) is 2.61. The van der Waals surface area contributed by atoms with Crippen molar-refractivity contribution in [1.29, 1.82) is 0 Å². The molecule has 2 aromatic rings. The number of aromatic amines is 1. The number of nitrogens with zero attached hydrogens (tertiary/aromatic N) is 2. The van der Waals surface area contributed by atoms with Crippen LogP contribution in [0.1, 0.15) is 19.0 Å². The quantitative estimate of drug-likeness (QED) is 0.710. The van der Waals surface area contributed by atoms with E-state index in [1.165, 1.54) is 24.7 Å². The molecule has 0 atom stereocenters. The lowest BCUT2D eigenvalue weighted by atomic mass is 10.4. The zero-order chi connectivity index (χ0) is 14.4. The highest BCUT2D eigenvalue weighted by Crippen LogP contribution is 2.13. The zero-order valence-corrected chi connectivity index (χ0v) is 11.9. The minimum absolute atomic E-state index is 0.169. The van der Waals surface area contributed by atoms with Crippen molar-refractivity contribution >= 4 is 15.8 Å². The molecular weight excluding hydrogens is 278 g/mol. The molecule has 0 fully saturated rings. The molecule has 2 heterocycles. The van der Waals surface area contributed by atoms with Crippen molar-refractivity contribution in [2.75, 3.05) is 11.9 Å². The van der Waals surface area contributed by atoms with Crippen LogP contribution in [0.2, 0.25) is 0 Å². The van der Waals surface area contributed by atoms with Gasteiger partial charge in [0.2, 0.25) is 10.0 Å². The molecule has 0 aliphatic rings. The average Bonchev–Trinajstić information content (AvgIpc) is 2.97. The monoisotopic (exact) mass is 295 g/mol. The lowest BCUT2D eigenvalue weighted by molar-refractivity contribution is 0.580. The fraction of sp³-hybridized carbons (Fsp3) is 0.333. The van der Waals surface area contributed by atoms with Crippen molar-refractivity contribution < 1.29 is 8.42 Å². The van der Waals surface area contributed by atoms with Gasteiger partial charge in [-0.2, -0.15) is 0 Å². The highest BCUT2D eigenvalue weighted by Gasteiger charge is 2.14. The van der Waals surface area contributed by atoms with E-state index in [0.717, 1.165) is 13.0 Å². The summed E-state index contributed by atoms with van der Waals surface area (Å²) in [6, 6.07) is 2.98. The number of hydrogen-bond donors (Lipinski definition) is 3. The Hall–Kier alpha value is -1.93. The van der Waals surface area contributed by atoms with E-state index >= 15 is 0 Å². The molecule has 0 saturated carbocycles. The van der Waals surface area contributed by atoms with Crippen molar-refractivity contribution in [3.63, 3.8) is 0 Å². The number of nitrogens with one attached hydrogen (secondary N) is 3. The number of rotatable bonds is 7. The Labute approximate surface area is 117 Å². The Bertz CT molecular complexity index is 640. The maximum Gasteiger partial charge on any atom is 0.241 e. The molecule has 2 rings (SSSR count). The SMILES string of the molecule is CCCNc1cc(S(=O)(=O)NCc2cnc[nH]2)ccn1. The molecule has 0 bridgehead atoms. The van der Waals surface area contributed by atoms with Crippen molar-refractivity contribution in [2.45, 2.75) is 24.8 Å². The van der Waals surface area contributed by atoms with Crippen LogP contribution in [0.4, 0.5) is 5.82 Å². The number of imidazole rings is 1. The van der Waals surface area contributed by atoms with Crippen LogP contribution in [0.3, 0.4) is 0 Å². The highest BCUT2D eigenvalue weighted by molar-refractivity contribution is 7.89. The Morgan fingerprint density at radius 2 is 2.25 bits per heavy atom. The van der Waals surface area contributed by atoms with Gasteiger partial charge < -0.3 is 10.3 Å². The summed E-state index contributed by atoms with van der Waals surface area (Å²) in [5.41, 5.74) is 0.701. The van der Waals surface area contributed by atoms with Crippen LogP contribution in [0.5, 0.6) is 0 Å². The molecule has 0 aromatic carbocycles. The van der Waals surface area contributed by atoms with E-state index in [9.17, 15) is 8.42 Å².